The van der Waals surface area contributed by atoms with Crippen LogP contribution < -0.4 is 5.32 Å². The predicted molar refractivity (Wildman–Crippen MR) is 86.6 cm³/mol. The van der Waals surface area contributed by atoms with Crippen LogP contribution in [0, 0.1) is 10.1 Å². The molecule has 1 atom stereocenters. The summed E-state index contributed by atoms with van der Waals surface area (Å²) in [5.74, 6) is -0.672. The van der Waals surface area contributed by atoms with Crippen molar-refractivity contribution in [2.24, 2.45) is 0 Å². The van der Waals surface area contributed by atoms with E-state index in [0.717, 1.165) is 12.8 Å². The highest BCUT2D eigenvalue weighted by molar-refractivity contribution is 5.97. The number of methoxy groups -OCH3 is 1. The van der Waals surface area contributed by atoms with Crippen molar-refractivity contribution < 1.29 is 19.2 Å². The van der Waals surface area contributed by atoms with Crippen molar-refractivity contribution in [2.45, 2.75) is 31.9 Å². The Morgan fingerprint density at radius 2 is 2.04 bits per heavy atom. The number of nitro groups is 1. The minimum Gasteiger partial charge on any atom is -0.381 e. The van der Waals surface area contributed by atoms with Gasteiger partial charge in [0.1, 0.15) is 6.04 Å². The number of rotatable bonds is 5. The highest BCUT2D eigenvalue weighted by Gasteiger charge is 2.27. The fraction of sp³-hybridized carbons (Fsp3) is 0.500. The van der Waals surface area contributed by atoms with Gasteiger partial charge in [-0.1, -0.05) is 6.07 Å². The van der Waals surface area contributed by atoms with Gasteiger partial charge in [-0.2, -0.15) is 0 Å². The number of nitro benzene ring substituents is 1. The zero-order chi connectivity index (χ0) is 17.7. The number of piperidine rings is 1. The van der Waals surface area contributed by atoms with Gasteiger partial charge in [0.25, 0.3) is 11.6 Å². The average molecular weight is 335 g/mol. The maximum Gasteiger partial charge on any atom is 0.270 e. The van der Waals surface area contributed by atoms with Crippen LogP contribution in [-0.2, 0) is 9.53 Å². The van der Waals surface area contributed by atoms with Gasteiger partial charge >= 0.3 is 0 Å². The van der Waals surface area contributed by atoms with E-state index in [1.165, 1.54) is 24.3 Å². The van der Waals surface area contributed by atoms with E-state index < -0.39 is 16.9 Å². The van der Waals surface area contributed by atoms with Gasteiger partial charge in [0, 0.05) is 37.9 Å². The van der Waals surface area contributed by atoms with Crippen LogP contribution in [-0.4, -0.2) is 54.0 Å². The second-order valence-electron chi connectivity index (χ2n) is 5.76. The van der Waals surface area contributed by atoms with E-state index in [2.05, 4.69) is 5.32 Å². The lowest BCUT2D eigenvalue weighted by atomic mass is 10.1. The summed E-state index contributed by atoms with van der Waals surface area (Å²) in [5.41, 5.74) is -0.00907. The van der Waals surface area contributed by atoms with Gasteiger partial charge in [0.15, 0.2) is 0 Å². The topological polar surface area (TPSA) is 102 Å². The van der Waals surface area contributed by atoms with Crippen LogP contribution in [0.5, 0.6) is 0 Å². The molecular formula is C16H21N3O5. The zero-order valence-electron chi connectivity index (χ0n) is 13.7. The van der Waals surface area contributed by atoms with Crippen LogP contribution in [0.4, 0.5) is 5.69 Å². The molecule has 1 saturated heterocycles. The first-order valence-electron chi connectivity index (χ1n) is 7.79. The fourth-order valence-electron chi connectivity index (χ4n) is 2.69. The Balaban J connectivity index is 1.95. The van der Waals surface area contributed by atoms with E-state index in [4.69, 9.17) is 4.74 Å². The number of non-ortho nitro benzene ring substituents is 1. The van der Waals surface area contributed by atoms with Gasteiger partial charge in [-0.3, -0.25) is 19.7 Å². The van der Waals surface area contributed by atoms with Crippen LogP contribution >= 0.6 is 0 Å². The number of nitrogens with zero attached hydrogens (tertiary/aromatic N) is 2. The smallest absolute Gasteiger partial charge is 0.270 e. The minimum atomic E-state index is -0.698. The Kier molecular flexibility index (Phi) is 5.86. The molecule has 1 aromatic rings. The van der Waals surface area contributed by atoms with Crippen LogP contribution in [0.15, 0.2) is 24.3 Å². The fourth-order valence-corrected chi connectivity index (χ4v) is 2.69. The van der Waals surface area contributed by atoms with E-state index in [9.17, 15) is 19.7 Å². The standard InChI is InChI=1S/C16H21N3O5/c1-11(16(21)18-8-6-14(24-2)7-9-18)17-15(20)12-4-3-5-13(10-12)19(22)23/h3-5,10-11,14H,6-9H2,1-2H3,(H,17,20). The summed E-state index contributed by atoms with van der Waals surface area (Å²) in [4.78, 5) is 36.5. The lowest BCUT2D eigenvalue weighted by molar-refractivity contribution is -0.384. The number of ether oxygens (including phenoxy) is 1. The Bertz CT molecular complexity index is 626. The molecule has 1 aliphatic rings. The zero-order valence-corrected chi connectivity index (χ0v) is 13.7. The predicted octanol–water partition coefficient (Wildman–Crippen LogP) is 1.35. The first-order valence-corrected chi connectivity index (χ1v) is 7.79. The van der Waals surface area contributed by atoms with E-state index in [1.54, 1.807) is 18.9 Å². The molecule has 1 N–H and O–H groups in total. The molecule has 1 aromatic carbocycles. The third-order valence-corrected chi connectivity index (χ3v) is 4.12. The summed E-state index contributed by atoms with van der Waals surface area (Å²) in [7, 11) is 1.66. The Labute approximate surface area is 139 Å². The molecule has 130 valence electrons. The van der Waals surface area contributed by atoms with Crippen molar-refractivity contribution in [3.63, 3.8) is 0 Å². The second-order valence-corrected chi connectivity index (χ2v) is 5.76. The Hall–Kier alpha value is -2.48. The summed E-state index contributed by atoms with van der Waals surface area (Å²) in [6.45, 7) is 2.79. The van der Waals surface area contributed by atoms with Crippen LogP contribution in [0.2, 0.25) is 0 Å². The van der Waals surface area contributed by atoms with Gasteiger partial charge in [0.2, 0.25) is 5.91 Å². The van der Waals surface area contributed by atoms with Gasteiger partial charge < -0.3 is 15.0 Å². The van der Waals surface area contributed by atoms with Crippen molar-refractivity contribution in [2.75, 3.05) is 20.2 Å². The minimum absolute atomic E-state index is 0.155. The number of nitrogens with one attached hydrogen (secondary N) is 1. The molecule has 1 heterocycles. The Morgan fingerprint density at radius 1 is 1.38 bits per heavy atom. The first kappa shape index (κ1) is 17.9. The summed E-state index contributed by atoms with van der Waals surface area (Å²) >= 11 is 0. The summed E-state index contributed by atoms with van der Waals surface area (Å²) < 4.78 is 5.27. The summed E-state index contributed by atoms with van der Waals surface area (Å²) in [6.07, 6.45) is 1.71. The highest BCUT2D eigenvalue weighted by Crippen LogP contribution is 2.15. The van der Waals surface area contributed by atoms with Crippen LogP contribution in [0.1, 0.15) is 30.1 Å². The molecule has 2 amide bonds. The van der Waals surface area contributed by atoms with Gasteiger partial charge in [0.05, 0.1) is 11.0 Å². The number of amides is 2. The van der Waals surface area contributed by atoms with Crippen LogP contribution in [0.25, 0.3) is 0 Å². The molecule has 1 unspecified atom stereocenters. The number of benzene rings is 1. The van der Waals surface area contributed by atoms with E-state index in [1.807, 2.05) is 0 Å². The third kappa shape index (κ3) is 4.29. The molecular weight excluding hydrogens is 314 g/mol. The summed E-state index contributed by atoms with van der Waals surface area (Å²) in [6, 6.07) is 4.72. The molecule has 0 bridgehead atoms. The second kappa shape index (κ2) is 7.87. The molecule has 0 aliphatic carbocycles. The number of likely N-dealkylation sites (tertiary alicyclic amines) is 1. The molecule has 0 saturated carbocycles. The van der Waals surface area contributed by atoms with Crippen molar-refractivity contribution in [3.05, 3.63) is 39.9 Å². The van der Waals surface area contributed by atoms with Crippen molar-refractivity contribution in [3.8, 4) is 0 Å². The van der Waals surface area contributed by atoms with Gasteiger partial charge in [-0.15, -0.1) is 0 Å². The average Bonchev–Trinajstić information content (AvgIpc) is 2.61. The normalized spacial score (nSPS) is 16.5. The number of hydrogen-bond acceptors (Lipinski definition) is 5. The quantitative estimate of drug-likeness (QED) is 0.646. The van der Waals surface area contributed by atoms with Crippen molar-refractivity contribution in [1.29, 1.82) is 0 Å². The number of hydrogen-bond donors (Lipinski definition) is 1. The molecule has 24 heavy (non-hydrogen) atoms. The van der Waals surface area contributed by atoms with Crippen molar-refractivity contribution >= 4 is 17.5 Å². The van der Waals surface area contributed by atoms with Crippen LogP contribution in [0.3, 0.4) is 0 Å². The first-order chi connectivity index (χ1) is 11.4. The molecule has 1 fully saturated rings. The molecule has 8 heteroatoms. The van der Waals surface area contributed by atoms with Crippen molar-refractivity contribution in [1.82, 2.24) is 10.2 Å². The lowest BCUT2D eigenvalue weighted by Gasteiger charge is -2.33. The maximum absolute atomic E-state index is 12.4. The third-order valence-electron chi connectivity index (χ3n) is 4.12. The number of carbonyl (C=O) groups excluding carboxylic acids is 2. The van der Waals surface area contributed by atoms with Gasteiger partial charge in [-0.05, 0) is 25.8 Å². The van der Waals surface area contributed by atoms with E-state index in [0.29, 0.717) is 13.1 Å². The maximum atomic E-state index is 12.4. The molecule has 0 aromatic heterocycles. The van der Waals surface area contributed by atoms with Gasteiger partial charge in [-0.25, -0.2) is 0 Å². The SMILES string of the molecule is COC1CCN(C(=O)C(C)NC(=O)c2cccc([N+](=O)[O-])c2)CC1. The molecule has 0 radical (unpaired) electrons. The Morgan fingerprint density at radius 3 is 2.62 bits per heavy atom. The lowest BCUT2D eigenvalue weighted by Crippen LogP contribution is -2.50. The molecule has 8 nitrogen and oxygen atoms in total. The van der Waals surface area contributed by atoms with E-state index in [-0.39, 0.29) is 23.3 Å². The molecule has 0 spiro atoms. The monoisotopic (exact) mass is 335 g/mol. The molecule has 1 aliphatic heterocycles. The van der Waals surface area contributed by atoms with E-state index >= 15 is 0 Å². The largest absolute Gasteiger partial charge is 0.381 e. The highest BCUT2D eigenvalue weighted by atomic mass is 16.6. The molecule has 2 rings (SSSR count). The number of carbonyl (C=O) groups is 2. The summed E-state index contributed by atoms with van der Waals surface area (Å²) in [5, 5.41) is 13.4.